The maximum atomic E-state index is 12.0. The van der Waals surface area contributed by atoms with Gasteiger partial charge in [-0.05, 0) is 23.8 Å². The molecule has 0 radical (unpaired) electrons. The summed E-state index contributed by atoms with van der Waals surface area (Å²) < 4.78 is 0. The molecule has 1 aromatic heterocycles. The van der Waals surface area contributed by atoms with Gasteiger partial charge in [-0.2, -0.15) is 5.26 Å². The Hall–Kier alpha value is -3.73. The summed E-state index contributed by atoms with van der Waals surface area (Å²) >= 11 is 0. The van der Waals surface area contributed by atoms with Gasteiger partial charge in [0, 0.05) is 43.0 Å². The van der Waals surface area contributed by atoms with Gasteiger partial charge in [0.2, 0.25) is 0 Å². The number of pyridine rings is 1. The molecular formula is C16H13N5O3. The van der Waals surface area contributed by atoms with Gasteiger partial charge < -0.3 is 10.6 Å². The molecule has 8 nitrogen and oxygen atoms in total. The number of anilines is 1. The number of hydrogen-bond acceptors (Lipinski definition) is 6. The first-order valence-corrected chi connectivity index (χ1v) is 6.88. The van der Waals surface area contributed by atoms with E-state index in [1.807, 2.05) is 0 Å². The average molecular weight is 323 g/mol. The quantitative estimate of drug-likeness (QED) is 0.363. The molecule has 0 aliphatic carbocycles. The van der Waals surface area contributed by atoms with Crippen LogP contribution in [0.3, 0.4) is 0 Å². The number of amides is 1. The zero-order chi connectivity index (χ0) is 17.4. The Labute approximate surface area is 137 Å². The van der Waals surface area contributed by atoms with Crippen LogP contribution in [0.15, 0.2) is 60.6 Å². The normalized spacial score (nSPS) is 10.5. The van der Waals surface area contributed by atoms with Crippen molar-refractivity contribution in [2.75, 3.05) is 5.32 Å². The zero-order valence-corrected chi connectivity index (χ0v) is 12.5. The number of nitro groups is 1. The number of aromatic nitrogens is 1. The number of hydrogen-bond donors (Lipinski definition) is 2. The maximum Gasteiger partial charge on any atom is 0.269 e. The third-order valence-electron chi connectivity index (χ3n) is 3.00. The lowest BCUT2D eigenvalue weighted by atomic mass is 10.2. The summed E-state index contributed by atoms with van der Waals surface area (Å²) in [6.07, 6.45) is 4.49. The molecule has 1 aromatic carbocycles. The molecule has 0 atom stereocenters. The van der Waals surface area contributed by atoms with Crippen molar-refractivity contribution in [1.82, 2.24) is 10.3 Å². The fourth-order valence-corrected chi connectivity index (χ4v) is 1.76. The Morgan fingerprint density at radius 2 is 2.08 bits per heavy atom. The molecule has 0 spiro atoms. The Morgan fingerprint density at radius 1 is 1.33 bits per heavy atom. The van der Waals surface area contributed by atoms with Crippen molar-refractivity contribution < 1.29 is 9.72 Å². The standard InChI is InChI=1S/C16H13N5O3/c17-8-13(16(22)20-10-12-2-1-7-18-9-12)11-19-14-3-5-15(6-4-14)21(23)24/h1-7,9,11,19H,10H2,(H,20,22)/b13-11-. The van der Waals surface area contributed by atoms with Crippen molar-refractivity contribution >= 4 is 17.3 Å². The van der Waals surface area contributed by atoms with Gasteiger partial charge in [-0.1, -0.05) is 6.07 Å². The van der Waals surface area contributed by atoms with Crippen LogP contribution in [-0.2, 0) is 11.3 Å². The minimum atomic E-state index is -0.532. The average Bonchev–Trinajstić information content (AvgIpc) is 2.61. The van der Waals surface area contributed by atoms with Gasteiger partial charge in [-0.25, -0.2) is 0 Å². The molecule has 0 saturated heterocycles. The molecule has 0 fully saturated rings. The smallest absolute Gasteiger partial charge is 0.269 e. The highest BCUT2D eigenvalue weighted by molar-refractivity contribution is 5.97. The van der Waals surface area contributed by atoms with Crippen molar-refractivity contribution in [3.8, 4) is 6.07 Å². The SMILES string of the molecule is N#C/C(=C/Nc1ccc([N+](=O)[O-])cc1)C(=O)NCc1cccnc1. The monoisotopic (exact) mass is 323 g/mol. The van der Waals surface area contributed by atoms with E-state index in [0.717, 1.165) is 5.56 Å². The number of non-ortho nitro benzene ring substituents is 1. The number of nitro benzene ring substituents is 1. The Morgan fingerprint density at radius 3 is 2.67 bits per heavy atom. The van der Waals surface area contributed by atoms with Crippen LogP contribution in [0, 0.1) is 21.4 Å². The Balaban J connectivity index is 1.96. The number of nitrogens with zero attached hydrogens (tertiary/aromatic N) is 3. The molecule has 2 N–H and O–H groups in total. The van der Waals surface area contributed by atoms with Crippen molar-refractivity contribution in [1.29, 1.82) is 5.26 Å². The van der Waals surface area contributed by atoms with E-state index < -0.39 is 10.8 Å². The molecule has 0 saturated carbocycles. The van der Waals surface area contributed by atoms with Crippen LogP contribution in [0.4, 0.5) is 11.4 Å². The van der Waals surface area contributed by atoms with Gasteiger partial charge in [0.15, 0.2) is 0 Å². The molecule has 1 heterocycles. The summed E-state index contributed by atoms with van der Waals surface area (Å²) in [5.74, 6) is -0.532. The van der Waals surface area contributed by atoms with Crippen LogP contribution in [0.5, 0.6) is 0 Å². The van der Waals surface area contributed by atoms with Crippen LogP contribution in [0.25, 0.3) is 0 Å². The van der Waals surface area contributed by atoms with E-state index in [-0.39, 0.29) is 17.8 Å². The second-order valence-corrected chi connectivity index (χ2v) is 4.66. The lowest BCUT2D eigenvalue weighted by molar-refractivity contribution is -0.384. The highest BCUT2D eigenvalue weighted by Gasteiger charge is 2.09. The summed E-state index contributed by atoms with van der Waals surface area (Å²) in [5, 5.41) is 25.0. The number of carbonyl (C=O) groups excluding carboxylic acids is 1. The van der Waals surface area contributed by atoms with Crippen LogP contribution in [-0.4, -0.2) is 15.8 Å². The Kier molecular flexibility index (Phi) is 5.58. The van der Waals surface area contributed by atoms with Crippen LogP contribution < -0.4 is 10.6 Å². The molecule has 24 heavy (non-hydrogen) atoms. The molecule has 8 heteroatoms. The minimum Gasteiger partial charge on any atom is -0.360 e. The predicted molar refractivity (Wildman–Crippen MR) is 86.5 cm³/mol. The van der Waals surface area contributed by atoms with Crippen LogP contribution >= 0.6 is 0 Å². The maximum absolute atomic E-state index is 12.0. The fourth-order valence-electron chi connectivity index (χ4n) is 1.76. The summed E-state index contributed by atoms with van der Waals surface area (Å²) in [7, 11) is 0. The van der Waals surface area contributed by atoms with Crippen LogP contribution in [0.2, 0.25) is 0 Å². The molecule has 0 aliphatic rings. The summed E-state index contributed by atoms with van der Waals surface area (Å²) in [4.78, 5) is 26.0. The third-order valence-corrected chi connectivity index (χ3v) is 3.00. The molecule has 0 bridgehead atoms. The minimum absolute atomic E-state index is 0.0424. The Bertz CT molecular complexity index is 795. The third kappa shape index (κ3) is 4.64. The van der Waals surface area contributed by atoms with Crippen LogP contribution in [0.1, 0.15) is 5.56 Å². The first kappa shape index (κ1) is 16.6. The summed E-state index contributed by atoms with van der Waals surface area (Å²) in [5.41, 5.74) is 1.18. The van der Waals surface area contributed by atoms with E-state index in [1.165, 1.54) is 30.5 Å². The van der Waals surface area contributed by atoms with Crippen molar-refractivity contribution in [3.05, 3.63) is 76.2 Å². The fraction of sp³-hybridized carbons (Fsp3) is 0.0625. The van der Waals surface area contributed by atoms with Gasteiger partial charge in [-0.3, -0.25) is 19.9 Å². The second kappa shape index (κ2) is 8.05. The first-order valence-electron chi connectivity index (χ1n) is 6.88. The van der Waals surface area contributed by atoms with Crippen molar-refractivity contribution in [3.63, 3.8) is 0 Å². The van der Waals surface area contributed by atoms with Gasteiger partial charge in [0.25, 0.3) is 11.6 Å². The van der Waals surface area contributed by atoms with Crippen molar-refractivity contribution in [2.24, 2.45) is 0 Å². The molecule has 2 rings (SSSR count). The van der Waals surface area contributed by atoms with E-state index in [1.54, 1.807) is 30.6 Å². The molecule has 1 amide bonds. The lowest BCUT2D eigenvalue weighted by Crippen LogP contribution is -2.24. The second-order valence-electron chi connectivity index (χ2n) is 4.66. The number of rotatable bonds is 6. The zero-order valence-electron chi connectivity index (χ0n) is 12.5. The lowest BCUT2D eigenvalue weighted by Gasteiger charge is -2.05. The first-order chi connectivity index (χ1) is 11.6. The summed E-state index contributed by atoms with van der Waals surface area (Å²) in [6.45, 7) is 0.253. The topological polar surface area (TPSA) is 121 Å². The van der Waals surface area contributed by atoms with Gasteiger partial charge in [0.05, 0.1) is 4.92 Å². The van der Waals surface area contributed by atoms with E-state index in [4.69, 9.17) is 5.26 Å². The molecule has 2 aromatic rings. The molecule has 0 unspecified atom stereocenters. The van der Waals surface area contributed by atoms with Gasteiger partial charge in [-0.15, -0.1) is 0 Å². The molecule has 0 aliphatic heterocycles. The number of nitrogens with one attached hydrogen (secondary N) is 2. The van der Waals surface area contributed by atoms with E-state index >= 15 is 0 Å². The molecular weight excluding hydrogens is 310 g/mol. The highest BCUT2D eigenvalue weighted by Crippen LogP contribution is 2.15. The number of carbonyl (C=O) groups is 1. The largest absolute Gasteiger partial charge is 0.360 e. The van der Waals surface area contributed by atoms with E-state index in [9.17, 15) is 14.9 Å². The van der Waals surface area contributed by atoms with Gasteiger partial charge >= 0.3 is 0 Å². The van der Waals surface area contributed by atoms with E-state index in [0.29, 0.717) is 5.69 Å². The van der Waals surface area contributed by atoms with Gasteiger partial charge in [0.1, 0.15) is 11.6 Å². The highest BCUT2D eigenvalue weighted by atomic mass is 16.6. The number of nitriles is 1. The number of benzene rings is 1. The van der Waals surface area contributed by atoms with Crippen molar-refractivity contribution in [2.45, 2.75) is 6.54 Å². The van der Waals surface area contributed by atoms with E-state index in [2.05, 4.69) is 15.6 Å². The molecule has 120 valence electrons. The predicted octanol–water partition coefficient (Wildman–Crippen LogP) is 2.13. The summed E-state index contributed by atoms with van der Waals surface area (Å²) in [6, 6.07) is 11.0.